The number of hydrogen-bond acceptors (Lipinski definition) is 0. The summed E-state index contributed by atoms with van der Waals surface area (Å²) in [6.07, 6.45) is -20.7. The van der Waals surface area contributed by atoms with Crippen LogP contribution in [-0.2, 0) is 24.7 Å². The molecule has 0 atom stereocenters. The zero-order valence-corrected chi connectivity index (χ0v) is 24.7. The van der Waals surface area contributed by atoms with Gasteiger partial charge in [-0.3, -0.25) is 0 Å². The Hall–Kier alpha value is -3.10. The normalized spacial score (nSPS) is 13.2. The van der Waals surface area contributed by atoms with Gasteiger partial charge >= 0.3 is 24.7 Å². The first-order valence-electron chi connectivity index (χ1n) is 13.1. The molecule has 0 radical (unpaired) electrons. The Kier molecular flexibility index (Phi) is 10.0. The van der Waals surface area contributed by atoms with Crippen molar-refractivity contribution in [2.75, 3.05) is 0 Å². The number of benzene rings is 4. The van der Waals surface area contributed by atoms with Gasteiger partial charge in [-0.1, -0.05) is 79.7 Å². The molecule has 45 heavy (non-hydrogen) atoms. The molecule has 4 aromatic carbocycles. The Morgan fingerprint density at radius 3 is 0.778 bits per heavy atom. The van der Waals surface area contributed by atoms with E-state index in [1.807, 2.05) is 0 Å². The standard InChI is InChI=1S/C31H22F12P2/c1-2-27(44(23-15-7-3-11-19(23)28(32,33)34)24-16-8-4-12-20(24)29(35,36)37)45(25-17-9-5-13-21(25)30(38,39)40)26-18-10-6-14-22(26)31(41,42)43/h3-18,27H,2H2,1H3. The van der Waals surface area contributed by atoms with Crippen molar-refractivity contribution in [1.29, 1.82) is 0 Å². The van der Waals surface area contributed by atoms with E-state index in [0.29, 0.717) is 24.3 Å². The largest absolute Gasteiger partial charge is 0.417 e. The molecule has 0 saturated heterocycles. The van der Waals surface area contributed by atoms with Gasteiger partial charge in [0.05, 0.1) is 22.3 Å². The summed E-state index contributed by atoms with van der Waals surface area (Å²) < 4.78 is 173. The minimum atomic E-state index is -5.10. The van der Waals surface area contributed by atoms with Crippen molar-refractivity contribution in [2.45, 2.75) is 43.4 Å². The minimum absolute atomic E-state index is 0.353. The summed E-state index contributed by atoms with van der Waals surface area (Å²) >= 11 is 0. The minimum Gasteiger partial charge on any atom is -0.166 e. The molecule has 0 aromatic heterocycles. The SMILES string of the molecule is CCC(P(c1ccccc1C(F)(F)F)c1ccccc1C(F)(F)F)P(c1ccccc1C(F)(F)F)c1ccccc1C(F)(F)F. The highest BCUT2D eigenvalue weighted by molar-refractivity contribution is 7.89. The number of alkyl halides is 12. The van der Waals surface area contributed by atoms with Gasteiger partial charge in [0, 0.05) is 5.40 Å². The maximum atomic E-state index is 14.4. The van der Waals surface area contributed by atoms with Crippen molar-refractivity contribution in [2.24, 2.45) is 0 Å². The molecule has 0 N–H and O–H groups in total. The maximum absolute atomic E-state index is 14.4. The predicted octanol–water partition coefficient (Wildman–Crippen LogP) is 10.1. The summed E-state index contributed by atoms with van der Waals surface area (Å²) in [4.78, 5) is 0. The fraction of sp³-hybridized carbons (Fsp3) is 0.226. The second-order valence-electron chi connectivity index (χ2n) is 9.69. The van der Waals surface area contributed by atoms with Crippen LogP contribution in [0.15, 0.2) is 97.1 Å². The average molecular weight is 684 g/mol. The molecule has 14 heteroatoms. The molecule has 0 aliphatic carbocycles. The van der Waals surface area contributed by atoms with Gasteiger partial charge in [0.1, 0.15) is 0 Å². The van der Waals surface area contributed by atoms with E-state index in [2.05, 4.69) is 0 Å². The molecular weight excluding hydrogens is 662 g/mol. The van der Waals surface area contributed by atoms with Crippen LogP contribution < -0.4 is 21.2 Å². The molecular formula is C31H22F12P2. The summed E-state index contributed by atoms with van der Waals surface area (Å²) in [7, 11) is -5.83. The fourth-order valence-corrected chi connectivity index (χ4v) is 12.9. The average Bonchev–Trinajstić information content (AvgIpc) is 2.95. The van der Waals surface area contributed by atoms with E-state index in [1.54, 1.807) is 0 Å². The molecule has 0 spiro atoms. The van der Waals surface area contributed by atoms with Crippen LogP contribution >= 0.6 is 15.8 Å². The van der Waals surface area contributed by atoms with Crippen molar-refractivity contribution in [3.63, 3.8) is 0 Å². The van der Waals surface area contributed by atoms with E-state index in [0.717, 1.165) is 72.8 Å². The van der Waals surface area contributed by atoms with E-state index in [1.165, 1.54) is 6.92 Å². The van der Waals surface area contributed by atoms with E-state index >= 15 is 0 Å². The highest BCUT2D eigenvalue weighted by Crippen LogP contribution is 2.61. The Morgan fingerprint density at radius 1 is 0.400 bits per heavy atom. The predicted molar refractivity (Wildman–Crippen MR) is 152 cm³/mol. The van der Waals surface area contributed by atoms with Crippen molar-refractivity contribution in [3.8, 4) is 0 Å². The summed E-state index contributed by atoms with van der Waals surface area (Å²) in [6.45, 7) is 1.34. The van der Waals surface area contributed by atoms with Crippen molar-refractivity contribution >= 4 is 37.1 Å². The number of halogens is 12. The van der Waals surface area contributed by atoms with E-state index in [9.17, 15) is 52.7 Å². The molecule has 4 aromatic rings. The van der Waals surface area contributed by atoms with Gasteiger partial charge in [-0.15, -0.1) is 0 Å². The third-order valence-electron chi connectivity index (χ3n) is 6.84. The highest BCUT2D eigenvalue weighted by Gasteiger charge is 2.47. The van der Waals surface area contributed by atoms with Crippen molar-refractivity contribution in [3.05, 3.63) is 119 Å². The number of hydrogen-bond donors (Lipinski definition) is 0. The molecule has 0 heterocycles. The van der Waals surface area contributed by atoms with Crippen molar-refractivity contribution in [1.82, 2.24) is 0 Å². The fourth-order valence-electron chi connectivity index (χ4n) is 5.08. The second kappa shape index (κ2) is 13.0. The molecule has 240 valence electrons. The Bertz CT molecular complexity index is 1390. The molecule has 0 amide bonds. The maximum Gasteiger partial charge on any atom is 0.417 e. The summed E-state index contributed by atoms with van der Waals surface area (Å²) in [5.41, 5.74) is -5.30. The topological polar surface area (TPSA) is 0 Å². The van der Waals surface area contributed by atoms with Crippen LogP contribution in [0.5, 0.6) is 0 Å². The van der Waals surface area contributed by atoms with Gasteiger partial charge in [0.15, 0.2) is 0 Å². The first kappa shape index (κ1) is 34.8. The molecule has 0 bridgehead atoms. The molecule has 0 unspecified atom stereocenters. The Balaban J connectivity index is 2.20. The molecule has 0 fully saturated rings. The van der Waals surface area contributed by atoms with E-state index in [4.69, 9.17) is 0 Å². The van der Waals surface area contributed by atoms with Crippen molar-refractivity contribution < 1.29 is 52.7 Å². The first-order chi connectivity index (χ1) is 20.9. The lowest BCUT2D eigenvalue weighted by molar-refractivity contribution is -0.137. The highest BCUT2D eigenvalue weighted by atomic mass is 31.2. The van der Waals surface area contributed by atoms with Crippen LogP contribution in [0.4, 0.5) is 52.7 Å². The Labute approximate surface area is 252 Å². The van der Waals surface area contributed by atoms with E-state index in [-0.39, 0.29) is 6.42 Å². The zero-order chi connectivity index (χ0) is 33.4. The third kappa shape index (κ3) is 7.49. The van der Waals surface area contributed by atoms with Gasteiger partial charge < -0.3 is 0 Å². The lowest BCUT2D eigenvalue weighted by atomic mass is 10.2. The lowest BCUT2D eigenvalue weighted by Gasteiger charge is -2.38. The van der Waals surface area contributed by atoms with Crippen LogP contribution in [0.1, 0.15) is 35.6 Å². The third-order valence-corrected chi connectivity index (χ3v) is 13.8. The molecule has 0 aliphatic rings. The smallest absolute Gasteiger partial charge is 0.166 e. The van der Waals surface area contributed by atoms with Crippen LogP contribution in [0, 0.1) is 0 Å². The van der Waals surface area contributed by atoms with E-state index < -0.39 is 89.4 Å². The first-order valence-corrected chi connectivity index (χ1v) is 15.9. The quantitative estimate of drug-likeness (QED) is 0.134. The van der Waals surface area contributed by atoms with Gasteiger partial charge in [-0.2, -0.15) is 52.7 Å². The second-order valence-corrected chi connectivity index (χ2v) is 14.7. The van der Waals surface area contributed by atoms with Crippen LogP contribution in [0.25, 0.3) is 0 Å². The van der Waals surface area contributed by atoms with Crippen LogP contribution in [-0.4, -0.2) is 5.40 Å². The zero-order valence-electron chi connectivity index (χ0n) is 23.0. The van der Waals surface area contributed by atoms with Gasteiger partial charge in [-0.05, 0) is 67.7 Å². The summed E-state index contributed by atoms with van der Waals surface area (Å²) in [5.74, 6) is 0. The van der Waals surface area contributed by atoms with Gasteiger partial charge in [0.2, 0.25) is 0 Å². The molecule has 0 nitrogen and oxygen atoms in total. The van der Waals surface area contributed by atoms with Gasteiger partial charge in [-0.25, -0.2) is 0 Å². The summed E-state index contributed by atoms with van der Waals surface area (Å²) in [5, 5.41) is -4.08. The molecule has 4 rings (SSSR count). The lowest BCUT2D eigenvalue weighted by Crippen LogP contribution is -2.35. The molecule has 0 saturated carbocycles. The Morgan fingerprint density at radius 2 is 0.600 bits per heavy atom. The van der Waals surface area contributed by atoms with Crippen LogP contribution in [0.3, 0.4) is 0 Å². The monoisotopic (exact) mass is 684 g/mol. The van der Waals surface area contributed by atoms with Crippen LogP contribution in [0.2, 0.25) is 0 Å². The summed E-state index contributed by atoms with van der Waals surface area (Å²) in [6, 6.07) is 15.0. The van der Waals surface area contributed by atoms with Gasteiger partial charge in [0.25, 0.3) is 0 Å². The molecule has 0 aliphatic heterocycles. The number of rotatable bonds is 7.